The van der Waals surface area contributed by atoms with Crippen molar-refractivity contribution in [2.24, 2.45) is 4.99 Å². The summed E-state index contributed by atoms with van der Waals surface area (Å²) in [5.41, 5.74) is 6.28. The van der Waals surface area contributed by atoms with E-state index in [9.17, 15) is 14.9 Å². The van der Waals surface area contributed by atoms with Crippen molar-refractivity contribution in [1.29, 1.82) is 0 Å². The van der Waals surface area contributed by atoms with E-state index in [1.807, 2.05) is 66.7 Å². The Morgan fingerprint density at radius 1 is 1.00 bits per heavy atom. The fourth-order valence-corrected chi connectivity index (χ4v) is 8.21. The van der Waals surface area contributed by atoms with Crippen LogP contribution < -0.4 is 19.6 Å². The number of hydrogen-bond donors (Lipinski definition) is 0. The van der Waals surface area contributed by atoms with Gasteiger partial charge in [-0.1, -0.05) is 94.0 Å². The minimum Gasteiger partial charge on any atom is -0.487 e. The zero-order valence-electron chi connectivity index (χ0n) is 23.1. The van der Waals surface area contributed by atoms with Crippen molar-refractivity contribution in [3.8, 4) is 5.75 Å². The predicted octanol–water partition coefficient (Wildman–Crippen LogP) is 7.33. The first-order valence-corrected chi connectivity index (χ1v) is 16.3. The minimum atomic E-state index is -0.514. The molecule has 1 unspecified atom stereocenters. The fourth-order valence-electron chi connectivity index (χ4n) is 5.84. The lowest BCUT2D eigenvalue weighted by molar-refractivity contribution is -0.384. The zero-order valence-corrected chi connectivity index (χ0v) is 27.1. The molecule has 5 aromatic rings. The summed E-state index contributed by atoms with van der Waals surface area (Å²) in [6.07, 6.45) is 3.33. The maximum atomic E-state index is 14.3. The van der Waals surface area contributed by atoms with Crippen molar-refractivity contribution in [3.63, 3.8) is 0 Å². The molecule has 0 N–H and O–H groups in total. The van der Waals surface area contributed by atoms with Crippen molar-refractivity contribution in [2.75, 3.05) is 0 Å². The highest BCUT2D eigenvalue weighted by atomic mass is 79.9. The van der Waals surface area contributed by atoms with Crippen molar-refractivity contribution >= 4 is 60.7 Å². The number of rotatable bonds is 6. The molecule has 0 amide bonds. The van der Waals surface area contributed by atoms with Gasteiger partial charge >= 0.3 is 0 Å². The highest BCUT2D eigenvalue weighted by Crippen LogP contribution is 2.42. The van der Waals surface area contributed by atoms with Crippen LogP contribution in [-0.4, -0.2) is 9.49 Å². The average Bonchev–Trinajstić information content (AvgIpc) is 3.34. The number of aromatic nitrogens is 1. The second-order valence-electron chi connectivity index (χ2n) is 10.5. The van der Waals surface area contributed by atoms with Gasteiger partial charge < -0.3 is 4.74 Å². The molecule has 0 bridgehead atoms. The van der Waals surface area contributed by atoms with E-state index in [0.29, 0.717) is 33.7 Å². The molecule has 0 saturated carbocycles. The molecular formula is C34H23Br2N3O4S. The van der Waals surface area contributed by atoms with Crippen molar-refractivity contribution in [3.05, 3.63) is 163 Å². The summed E-state index contributed by atoms with van der Waals surface area (Å²) in [7, 11) is 0. The Hall–Kier alpha value is -4.12. The molecule has 44 heavy (non-hydrogen) atoms. The molecule has 2 aliphatic rings. The van der Waals surface area contributed by atoms with Crippen LogP contribution in [0.15, 0.2) is 115 Å². The second-order valence-corrected chi connectivity index (χ2v) is 13.3. The van der Waals surface area contributed by atoms with Gasteiger partial charge in [0.15, 0.2) is 4.80 Å². The lowest BCUT2D eigenvalue weighted by Gasteiger charge is -2.30. The number of fused-ring (bicyclic) bond motifs is 3. The summed E-state index contributed by atoms with van der Waals surface area (Å²) in [5.74, 6) is 0.617. The van der Waals surface area contributed by atoms with E-state index in [2.05, 4.69) is 44.0 Å². The summed E-state index contributed by atoms with van der Waals surface area (Å²) in [5, 5.41) is 11.7. The SMILES string of the molecule is O=c1c(=Cc2cc(Br)cc(Br)c2OCc2ccccc2)sc2n1C(c1cccc([N+](=O)[O-])c1)C1=C(N=2)c2ccccc2CC1. The van der Waals surface area contributed by atoms with E-state index in [0.717, 1.165) is 43.3 Å². The van der Waals surface area contributed by atoms with Crippen LogP contribution in [0.2, 0.25) is 0 Å². The summed E-state index contributed by atoms with van der Waals surface area (Å²) in [4.78, 5) is 31.2. The molecule has 1 atom stereocenters. The van der Waals surface area contributed by atoms with Crippen LogP contribution in [0.3, 0.4) is 0 Å². The maximum absolute atomic E-state index is 14.3. The number of benzene rings is 4. The normalized spacial score (nSPS) is 15.7. The average molecular weight is 729 g/mol. The number of thiazole rings is 1. The quantitative estimate of drug-likeness (QED) is 0.135. The molecule has 0 spiro atoms. The van der Waals surface area contributed by atoms with Gasteiger partial charge in [0.1, 0.15) is 12.4 Å². The number of hydrogen-bond acceptors (Lipinski definition) is 6. The van der Waals surface area contributed by atoms with Crippen LogP contribution in [-0.2, 0) is 13.0 Å². The molecule has 4 aromatic carbocycles. The first-order chi connectivity index (χ1) is 21.4. The number of allylic oxidation sites excluding steroid dienone is 1. The van der Waals surface area contributed by atoms with Crippen LogP contribution in [0.5, 0.6) is 5.75 Å². The smallest absolute Gasteiger partial charge is 0.271 e. The Labute approximate surface area is 272 Å². The fraction of sp³-hybridized carbons (Fsp3) is 0.118. The summed E-state index contributed by atoms with van der Waals surface area (Å²) in [6.45, 7) is 0.363. The monoisotopic (exact) mass is 727 g/mol. The van der Waals surface area contributed by atoms with Gasteiger partial charge in [0.2, 0.25) is 0 Å². The highest BCUT2D eigenvalue weighted by Gasteiger charge is 2.33. The Kier molecular flexibility index (Phi) is 7.65. The molecule has 1 aromatic heterocycles. The van der Waals surface area contributed by atoms with E-state index in [1.54, 1.807) is 16.7 Å². The maximum Gasteiger partial charge on any atom is 0.271 e. The third-order valence-corrected chi connectivity index (χ3v) is 9.85. The van der Waals surface area contributed by atoms with Gasteiger partial charge in [-0.3, -0.25) is 19.5 Å². The van der Waals surface area contributed by atoms with E-state index >= 15 is 0 Å². The lowest BCUT2D eigenvalue weighted by Crippen LogP contribution is -2.38. The molecule has 1 aliphatic carbocycles. The molecule has 7 nitrogen and oxygen atoms in total. The van der Waals surface area contributed by atoms with Gasteiger partial charge in [0.25, 0.3) is 11.2 Å². The number of nitro groups is 1. The van der Waals surface area contributed by atoms with Crippen LogP contribution in [0.25, 0.3) is 11.8 Å². The van der Waals surface area contributed by atoms with E-state index in [-0.39, 0.29) is 11.2 Å². The van der Waals surface area contributed by atoms with Crippen LogP contribution in [0.1, 0.15) is 40.3 Å². The number of non-ortho nitro benzene ring substituents is 1. The molecule has 218 valence electrons. The first kappa shape index (κ1) is 28.6. The van der Waals surface area contributed by atoms with E-state index in [1.165, 1.54) is 23.0 Å². The molecule has 2 heterocycles. The van der Waals surface area contributed by atoms with Gasteiger partial charge in [-0.15, -0.1) is 0 Å². The van der Waals surface area contributed by atoms with Crippen LogP contribution >= 0.6 is 43.2 Å². The van der Waals surface area contributed by atoms with E-state index < -0.39 is 11.0 Å². The molecule has 0 saturated heterocycles. The van der Waals surface area contributed by atoms with Crippen molar-refractivity contribution < 1.29 is 9.66 Å². The summed E-state index contributed by atoms with van der Waals surface area (Å²) < 4.78 is 10.0. The molecule has 1 aliphatic heterocycles. The molecule has 0 radical (unpaired) electrons. The van der Waals surface area contributed by atoms with Crippen LogP contribution in [0.4, 0.5) is 5.69 Å². The lowest BCUT2D eigenvalue weighted by atomic mass is 9.83. The Bertz CT molecular complexity index is 2170. The summed E-state index contributed by atoms with van der Waals surface area (Å²) in [6, 6.07) is 27.9. The van der Waals surface area contributed by atoms with Gasteiger partial charge in [0.05, 0.1) is 25.7 Å². The van der Waals surface area contributed by atoms with E-state index in [4.69, 9.17) is 9.73 Å². The Morgan fingerprint density at radius 2 is 1.80 bits per heavy atom. The largest absolute Gasteiger partial charge is 0.487 e. The Balaban J connectivity index is 1.41. The highest BCUT2D eigenvalue weighted by molar-refractivity contribution is 9.11. The number of halogens is 2. The van der Waals surface area contributed by atoms with Gasteiger partial charge in [-0.05, 0) is 69.2 Å². The van der Waals surface area contributed by atoms with Gasteiger partial charge in [0, 0.05) is 27.7 Å². The van der Waals surface area contributed by atoms with Gasteiger partial charge in [-0.25, -0.2) is 4.99 Å². The molecule has 10 heteroatoms. The number of nitrogens with zero attached hydrogens (tertiary/aromatic N) is 3. The Morgan fingerprint density at radius 3 is 2.61 bits per heavy atom. The minimum absolute atomic E-state index is 0.0146. The molecule has 7 rings (SSSR count). The number of ether oxygens (including phenoxy) is 1. The standard InChI is InChI=1S/C34H23Br2N3O4S/c35-24-15-23(32(28(36)18-24)43-19-20-7-2-1-3-8-20)17-29-33(40)38-31(22-10-6-11-25(16-22)39(41)42)27-14-13-21-9-4-5-12-26(21)30(27)37-34(38)44-29/h1-12,15-18,31H,13-14,19H2. The predicted molar refractivity (Wildman–Crippen MR) is 178 cm³/mol. The third-order valence-electron chi connectivity index (χ3n) is 7.82. The van der Waals surface area contributed by atoms with Crippen molar-refractivity contribution in [1.82, 2.24) is 4.57 Å². The molecule has 0 fully saturated rings. The van der Waals surface area contributed by atoms with Crippen molar-refractivity contribution in [2.45, 2.75) is 25.5 Å². The summed E-state index contributed by atoms with van der Waals surface area (Å²) >= 11 is 8.53. The first-order valence-electron chi connectivity index (χ1n) is 13.9. The van der Waals surface area contributed by atoms with Gasteiger partial charge in [-0.2, -0.15) is 0 Å². The number of aryl methyl sites for hydroxylation is 1. The topological polar surface area (TPSA) is 86.7 Å². The third kappa shape index (κ3) is 5.27. The van der Waals surface area contributed by atoms with Crippen LogP contribution in [0, 0.1) is 10.1 Å². The zero-order chi connectivity index (χ0) is 30.4. The second kappa shape index (κ2) is 11.8. The molecular weight excluding hydrogens is 706 g/mol. The number of nitro benzene ring substituents is 1.